The number of hydrogen-bond acceptors (Lipinski definition) is 4. The minimum atomic E-state index is -3.51. The number of benzene rings is 2. The summed E-state index contributed by atoms with van der Waals surface area (Å²) in [6, 6.07) is 14.9. The molecule has 0 saturated heterocycles. The van der Waals surface area contributed by atoms with Crippen LogP contribution in [0.5, 0.6) is 0 Å². The van der Waals surface area contributed by atoms with Gasteiger partial charge in [-0.2, -0.15) is 0 Å². The molecule has 1 N–H and O–H groups in total. The van der Waals surface area contributed by atoms with E-state index in [9.17, 15) is 18.0 Å². The third-order valence-electron chi connectivity index (χ3n) is 7.25. The van der Waals surface area contributed by atoms with E-state index in [1.165, 1.54) is 17.0 Å². The van der Waals surface area contributed by atoms with Crippen LogP contribution in [0.25, 0.3) is 0 Å². The standard InChI is InChI=1S/C30H43N3O4S/c1-5-28(30(35)31-26-13-7-6-8-14-26)32(22-25-12-9-11-24(3)21-25)29(34)15-10-20-33(38(4,36)37)27-18-16-23(2)17-19-27/h9,11-12,16-19,21,26,28H,5-8,10,13-15,20,22H2,1-4H3,(H,31,35)/t28-/m1/s1. The first-order valence-corrected chi connectivity index (χ1v) is 15.6. The van der Waals surface area contributed by atoms with Gasteiger partial charge in [0.2, 0.25) is 21.8 Å². The molecule has 1 fully saturated rings. The monoisotopic (exact) mass is 541 g/mol. The molecule has 0 unspecified atom stereocenters. The average Bonchev–Trinajstić information content (AvgIpc) is 2.87. The van der Waals surface area contributed by atoms with Crippen molar-refractivity contribution < 1.29 is 18.0 Å². The summed E-state index contributed by atoms with van der Waals surface area (Å²) in [7, 11) is -3.51. The van der Waals surface area contributed by atoms with Crippen LogP contribution in [-0.4, -0.2) is 50.0 Å². The van der Waals surface area contributed by atoms with Gasteiger partial charge in [0.25, 0.3) is 0 Å². The second-order valence-corrected chi connectivity index (χ2v) is 12.5. The first kappa shape index (κ1) is 29.7. The number of nitrogens with zero attached hydrogens (tertiary/aromatic N) is 2. The van der Waals surface area contributed by atoms with Crippen LogP contribution in [-0.2, 0) is 26.2 Å². The predicted octanol–water partition coefficient (Wildman–Crippen LogP) is 5.11. The van der Waals surface area contributed by atoms with Crippen LogP contribution in [0, 0.1) is 13.8 Å². The Balaban J connectivity index is 1.75. The molecule has 0 heterocycles. The normalized spacial score (nSPS) is 15.1. The van der Waals surface area contributed by atoms with Crippen molar-refractivity contribution >= 4 is 27.5 Å². The first-order valence-electron chi connectivity index (χ1n) is 13.8. The van der Waals surface area contributed by atoms with E-state index in [1.54, 1.807) is 17.0 Å². The van der Waals surface area contributed by atoms with Gasteiger partial charge in [0.05, 0.1) is 11.9 Å². The van der Waals surface area contributed by atoms with Crippen molar-refractivity contribution in [1.82, 2.24) is 10.2 Å². The zero-order chi connectivity index (χ0) is 27.7. The molecule has 7 nitrogen and oxygen atoms in total. The maximum Gasteiger partial charge on any atom is 0.243 e. The molecule has 1 aliphatic carbocycles. The molecular weight excluding hydrogens is 498 g/mol. The lowest BCUT2D eigenvalue weighted by molar-refractivity contribution is -0.141. The number of carbonyl (C=O) groups is 2. The fraction of sp³-hybridized carbons (Fsp3) is 0.533. The summed E-state index contributed by atoms with van der Waals surface area (Å²) in [6.45, 7) is 6.42. The Hall–Kier alpha value is -2.87. The topological polar surface area (TPSA) is 86.8 Å². The number of carbonyl (C=O) groups excluding carboxylic acids is 2. The fourth-order valence-electron chi connectivity index (χ4n) is 5.19. The number of aryl methyl sites for hydroxylation is 2. The van der Waals surface area contributed by atoms with E-state index < -0.39 is 16.1 Å². The third kappa shape index (κ3) is 8.58. The highest BCUT2D eigenvalue weighted by molar-refractivity contribution is 7.92. The van der Waals surface area contributed by atoms with E-state index in [-0.39, 0.29) is 30.8 Å². The molecule has 3 rings (SSSR count). The maximum atomic E-state index is 13.6. The molecule has 0 aromatic heterocycles. The van der Waals surface area contributed by atoms with Gasteiger partial charge in [-0.25, -0.2) is 8.42 Å². The number of nitrogens with one attached hydrogen (secondary N) is 1. The number of hydrogen-bond donors (Lipinski definition) is 1. The highest BCUT2D eigenvalue weighted by Crippen LogP contribution is 2.22. The summed E-state index contributed by atoms with van der Waals surface area (Å²) < 4.78 is 26.4. The molecule has 1 atom stereocenters. The predicted molar refractivity (Wildman–Crippen MR) is 153 cm³/mol. The van der Waals surface area contributed by atoms with Crippen molar-refractivity contribution in [3.63, 3.8) is 0 Å². The van der Waals surface area contributed by atoms with Crippen molar-refractivity contribution in [3.05, 3.63) is 65.2 Å². The average molecular weight is 542 g/mol. The van der Waals surface area contributed by atoms with Crippen LogP contribution in [0.1, 0.15) is 75.0 Å². The lowest BCUT2D eigenvalue weighted by Crippen LogP contribution is -2.51. The molecule has 0 bridgehead atoms. The largest absolute Gasteiger partial charge is 0.352 e. The highest BCUT2D eigenvalue weighted by atomic mass is 32.2. The molecule has 1 aliphatic rings. The molecule has 2 aromatic carbocycles. The van der Waals surface area contributed by atoms with Crippen molar-refractivity contribution in [1.29, 1.82) is 0 Å². The van der Waals surface area contributed by atoms with Gasteiger partial charge in [0, 0.05) is 25.6 Å². The van der Waals surface area contributed by atoms with Crippen LogP contribution in [0.15, 0.2) is 48.5 Å². The first-order chi connectivity index (χ1) is 18.1. The van der Waals surface area contributed by atoms with E-state index in [2.05, 4.69) is 5.32 Å². The van der Waals surface area contributed by atoms with Crippen LogP contribution in [0.3, 0.4) is 0 Å². The van der Waals surface area contributed by atoms with Gasteiger partial charge in [-0.05, 0) is 57.2 Å². The van der Waals surface area contributed by atoms with Crippen LogP contribution >= 0.6 is 0 Å². The van der Waals surface area contributed by atoms with Crippen molar-refractivity contribution in [2.24, 2.45) is 0 Å². The molecule has 0 radical (unpaired) electrons. The van der Waals surface area contributed by atoms with Crippen molar-refractivity contribution in [2.75, 3.05) is 17.1 Å². The van der Waals surface area contributed by atoms with Gasteiger partial charge in [-0.3, -0.25) is 13.9 Å². The molecule has 0 aliphatic heterocycles. The molecule has 2 amide bonds. The Labute approximate surface area is 228 Å². The Kier molecular flexibility index (Phi) is 10.8. The van der Waals surface area contributed by atoms with Crippen LogP contribution in [0.2, 0.25) is 0 Å². The summed E-state index contributed by atoms with van der Waals surface area (Å²) in [4.78, 5) is 28.7. The van der Waals surface area contributed by atoms with E-state index in [0.717, 1.165) is 42.4 Å². The van der Waals surface area contributed by atoms with E-state index in [4.69, 9.17) is 0 Å². The SMILES string of the molecule is CC[C@H](C(=O)NC1CCCCC1)N(Cc1cccc(C)c1)C(=O)CCCN(c1ccc(C)cc1)S(C)(=O)=O. The number of anilines is 1. The number of rotatable bonds is 12. The number of sulfonamides is 1. The molecule has 208 valence electrons. The Morgan fingerprint density at radius 3 is 2.29 bits per heavy atom. The minimum absolute atomic E-state index is 0.0992. The lowest BCUT2D eigenvalue weighted by Gasteiger charge is -2.33. The maximum absolute atomic E-state index is 13.6. The summed E-state index contributed by atoms with van der Waals surface area (Å²) >= 11 is 0. The summed E-state index contributed by atoms with van der Waals surface area (Å²) in [6.07, 6.45) is 7.59. The van der Waals surface area contributed by atoms with Gasteiger partial charge in [-0.1, -0.05) is 73.7 Å². The summed E-state index contributed by atoms with van der Waals surface area (Å²) in [5.74, 6) is -0.243. The molecule has 0 spiro atoms. The summed E-state index contributed by atoms with van der Waals surface area (Å²) in [5.41, 5.74) is 3.69. The molecule has 38 heavy (non-hydrogen) atoms. The smallest absolute Gasteiger partial charge is 0.243 e. The summed E-state index contributed by atoms with van der Waals surface area (Å²) in [5, 5.41) is 3.20. The zero-order valence-corrected chi connectivity index (χ0v) is 24.1. The van der Waals surface area contributed by atoms with Crippen LogP contribution in [0.4, 0.5) is 5.69 Å². The van der Waals surface area contributed by atoms with Gasteiger partial charge in [0.15, 0.2) is 0 Å². The third-order valence-corrected chi connectivity index (χ3v) is 8.44. The van der Waals surface area contributed by atoms with E-state index in [1.807, 2.05) is 57.2 Å². The van der Waals surface area contributed by atoms with Crippen LogP contribution < -0.4 is 9.62 Å². The molecular formula is C30H43N3O4S. The second-order valence-electron chi connectivity index (χ2n) is 10.6. The van der Waals surface area contributed by atoms with E-state index in [0.29, 0.717) is 25.1 Å². The minimum Gasteiger partial charge on any atom is -0.352 e. The van der Waals surface area contributed by atoms with Crippen molar-refractivity contribution in [2.45, 2.75) is 90.8 Å². The van der Waals surface area contributed by atoms with Gasteiger partial charge in [0.1, 0.15) is 6.04 Å². The molecule has 2 aromatic rings. The highest BCUT2D eigenvalue weighted by Gasteiger charge is 2.30. The number of amides is 2. The molecule has 1 saturated carbocycles. The Morgan fingerprint density at radius 2 is 1.68 bits per heavy atom. The molecule has 8 heteroatoms. The second kappa shape index (κ2) is 13.8. The fourth-order valence-corrected chi connectivity index (χ4v) is 6.15. The van der Waals surface area contributed by atoms with Gasteiger partial charge >= 0.3 is 0 Å². The zero-order valence-electron chi connectivity index (χ0n) is 23.3. The van der Waals surface area contributed by atoms with Gasteiger partial charge in [-0.15, -0.1) is 0 Å². The lowest BCUT2D eigenvalue weighted by atomic mass is 9.95. The van der Waals surface area contributed by atoms with Crippen molar-refractivity contribution in [3.8, 4) is 0 Å². The Bertz CT molecular complexity index is 1170. The Morgan fingerprint density at radius 1 is 1.00 bits per heavy atom. The van der Waals surface area contributed by atoms with Gasteiger partial charge < -0.3 is 10.2 Å². The van der Waals surface area contributed by atoms with E-state index >= 15 is 0 Å². The quantitative estimate of drug-likeness (QED) is 0.405.